The van der Waals surface area contributed by atoms with Crippen LogP contribution in [0.3, 0.4) is 0 Å². The summed E-state index contributed by atoms with van der Waals surface area (Å²) in [6.45, 7) is 1.08. The lowest BCUT2D eigenvalue weighted by Crippen LogP contribution is -2.07. The fourth-order valence-electron chi connectivity index (χ4n) is 1.20. The molecule has 0 amide bonds. The zero-order chi connectivity index (χ0) is 11.5. The second kappa shape index (κ2) is 4.37. The van der Waals surface area contributed by atoms with Crippen molar-refractivity contribution in [3.8, 4) is 11.8 Å². The lowest BCUT2D eigenvalue weighted by Gasteiger charge is -2.09. The molecule has 0 aromatic heterocycles. The minimum Gasteiger partial charge on any atom is -0.384 e. The molecule has 1 rings (SSSR count). The molecular formula is C11H9F3O. The number of hydrogen-bond acceptors (Lipinski definition) is 1. The van der Waals surface area contributed by atoms with Crippen molar-refractivity contribution in [1.82, 2.24) is 0 Å². The van der Waals surface area contributed by atoms with E-state index in [9.17, 15) is 13.2 Å². The molecule has 0 aliphatic heterocycles. The van der Waals surface area contributed by atoms with Gasteiger partial charge >= 0.3 is 6.18 Å². The molecule has 0 radical (unpaired) electrons. The van der Waals surface area contributed by atoms with Gasteiger partial charge in [-0.2, -0.15) is 13.2 Å². The van der Waals surface area contributed by atoms with Gasteiger partial charge in [0, 0.05) is 5.56 Å². The van der Waals surface area contributed by atoms with Crippen LogP contribution in [0.5, 0.6) is 0 Å². The molecule has 0 fully saturated rings. The van der Waals surface area contributed by atoms with Crippen LogP contribution in [0.4, 0.5) is 13.2 Å². The van der Waals surface area contributed by atoms with Crippen LogP contribution in [0.2, 0.25) is 0 Å². The standard InChI is InChI=1S/C11H9F3O/c1-8-7-9(3-2-6-15)4-5-10(8)11(12,13)14/h4-5,7,15H,6H2,1H3. The van der Waals surface area contributed by atoms with Gasteiger partial charge in [0.25, 0.3) is 0 Å². The van der Waals surface area contributed by atoms with Crippen LogP contribution in [0, 0.1) is 18.8 Å². The second-order valence-electron chi connectivity index (χ2n) is 2.99. The number of rotatable bonds is 0. The first-order valence-corrected chi connectivity index (χ1v) is 4.22. The molecule has 15 heavy (non-hydrogen) atoms. The number of aliphatic hydroxyl groups excluding tert-OH is 1. The topological polar surface area (TPSA) is 20.2 Å². The Hall–Kier alpha value is -1.47. The highest BCUT2D eigenvalue weighted by Crippen LogP contribution is 2.31. The lowest BCUT2D eigenvalue weighted by molar-refractivity contribution is -0.138. The number of alkyl halides is 3. The van der Waals surface area contributed by atoms with Crippen molar-refractivity contribution in [3.05, 3.63) is 34.9 Å². The predicted molar refractivity (Wildman–Crippen MR) is 50.1 cm³/mol. The minimum absolute atomic E-state index is 0.132. The van der Waals surface area contributed by atoms with Crippen molar-refractivity contribution < 1.29 is 18.3 Å². The molecule has 0 aliphatic carbocycles. The van der Waals surface area contributed by atoms with Gasteiger partial charge in [-0.25, -0.2) is 0 Å². The quantitative estimate of drug-likeness (QED) is 0.657. The molecule has 0 unspecified atom stereocenters. The highest BCUT2D eigenvalue weighted by Gasteiger charge is 2.31. The minimum atomic E-state index is -4.33. The summed E-state index contributed by atoms with van der Waals surface area (Å²) in [5.41, 5.74) is -0.0566. The molecule has 4 heteroatoms. The van der Waals surface area contributed by atoms with E-state index in [0.717, 1.165) is 6.07 Å². The summed E-state index contributed by atoms with van der Waals surface area (Å²) < 4.78 is 37.1. The molecule has 0 bridgehead atoms. The molecule has 1 aromatic rings. The average molecular weight is 214 g/mol. The largest absolute Gasteiger partial charge is 0.416 e. The van der Waals surface area contributed by atoms with E-state index in [1.807, 2.05) is 0 Å². The van der Waals surface area contributed by atoms with Crippen molar-refractivity contribution in [3.63, 3.8) is 0 Å². The zero-order valence-electron chi connectivity index (χ0n) is 8.02. The summed E-state index contributed by atoms with van der Waals surface area (Å²) in [5.74, 6) is 4.92. The van der Waals surface area contributed by atoms with Crippen LogP contribution in [0.1, 0.15) is 16.7 Å². The highest BCUT2D eigenvalue weighted by molar-refractivity contribution is 5.41. The van der Waals surface area contributed by atoms with Crippen molar-refractivity contribution in [2.24, 2.45) is 0 Å². The third-order valence-electron chi connectivity index (χ3n) is 1.84. The highest BCUT2D eigenvalue weighted by atomic mass is 19.4. The summed E-state index contributed by atoms with van der Waals surface area (Å²) in [7, 11) is 0. The van der Waals surface area contributed by atoms with Gasteiger partial charge in [0.15, 0.2) is 0 Å². The van der Waals surface area contributed by atoms with E-state index < -0.39 is 11.7 Å². The zero-order valence-corrected chi connectivity index (χ0v) is 8.02. The number of aliphatic hydroxyl groups is 1. The first-order chi connectivity index (χ1) is 6.95. The number of hydrogen-bond donors (Lipinski definition) is 1. The Morgan fingerprint density at radius 1 is 1.33 bits per heavy atom. The first kappa shape index (κ1) is 11.6. The van der Waals surface area contributed by atoms with Crippen LogP contribution < -0.4 is 0 Å². The van der Waals surface area contributed by atoms with E-state index in [-0.39, 0.29) is 12.2 Å². The molecule has 0 spiro atoms. The fraction of sp³-hybridized carbons (Fsp3) is 0.273. The maximum Gasteiger partial charge on any atom is 0.416 e. The molecular weight excluding hydrogens is 205 g/mol. The summed E-state index contributed by atoms with van der Waals surface area (Å²) >= 11 is 0. The molecule has 1 nitrogen and oxygen atoms in total. The lowest BCUT2D eigenvalue weighted by atomic mass is 10.1. The van der Waals surface area contributed by atoms with E-state index in [4.69, 9.17) is 5.11 Å². The van der Waals surface area contributed by atoms with Gasteiger partial charge in [-0.05, 0) is 30.7 Å². The van der Waals surface area contributed by atoms with E-state index in [1.165, 1.54) is 19.1 Å². The average Bonchev–Trinajstić information content (AvgIpc) is 2.12. The van der Waals surface area contributed by atoms with Crippen molar-refractivity contribution in [1.29, 1.82) is 0 Å². The first-order valence-electron chi connectivity index (χ1n) is 4.22. The van der Waals surface area contributed by atoms with E-state index in [0.29, 0.717) is 5.56 Å². The van der Waals surface area contributed by atoms with Gasteiger partial charge in [0.2, 0.25) is 0 Å². The van der Waals surface area contributed by atoms with Crippen LogP contribution in [-0.4, -0.2) is 11.7 Å². The normalized spacial score (nSPS) is 10.7. The third-order valence-corrected chi connectivity index (χ3v) is 1.84. The van der Waals surface area contributed by atoms with Gasteiger partial charge in [-0.1, -0.05) is 11.8 Å². The van der Waals surface area contributed by atoms with Crippen molar-refractivity contribution >= 4 is 0 Å². The maximum atomic E-state index is 12.4. The summed E-state index contributed by atoms with van der Waals surface area (Å²) in [4.78, 5) is 0. The Morgan fingerprint density at radius 2 is 2.00 bits per heavy atom. The van der Waals surface area contributed by atoms with Crippen LogP contribution in [0.25, 0.3) is 0 Å². The summed E-state index contributed by atoms with van der Waals surface area (Å²) in [6, 6.07) is 3.64. The maximum absolute atomic E-state index is 12.4. The van der Waals surface area contributed by atoms with Gasteiger partial charge in [0.1, 0.15) is 6.61 Å². The molecule has 1 aromatic carbocycles. The Balaban J connectivity index is 3.09. The second-order valence-corrected chi connectivity index (χ2v) is 2.99. The van der Waals surface area contributed by atoms with Crippen LogP contribution in [0.15, 0.2) is 18.2 Å². The number of benzene rings is 1. The fourth-order valence-corrected chi connectivity index (χ4v) is 1.20. The Kier molecular flexibility index (Phi) is 3.38. The molecule has 0 heterocycles. The summed E-state index contributed by atoms with van der Waals surface area (Å²) in [5, 5.41) is 8.43. The van der Waals surface area contributed by atoms with Gasteiger partial charge < -0.3 is 5.11 Å². The van der Waals surface area contributed by atoms with Crippen LogP contribution >= 0.6 is 0 Å². The van der Waals surface area contributed by atoms with E-state index in [1.54, 1.807) is 0 Å². The summed E-state index contributed by atoms with van der Waals surface area (Å²) in [6.07, 6.45) is -4.33. The molecule has 1 N–H and O–H groups in total. The number of halogens is 3. The Bertz CT molecular complexity index is 410. The van der Waals surface area contributed by atoms with Gasteiger partial charge in [0.05, 0.1) is 5.56 Å². The van der Waals surface area contributed by atoms with Gasteiger partial charge in [-0.3, -0.25) is 0 Å². The number of aryl methyl sites for hydroxylation is 1. The predicted octanol–water partition coefficient (Wildman–Crippen LogP) is 2.36. The molecule has 0 saturated heterocycles. The Morgan fingerprint density at radius 3 is 2.47 bits per heavy atom. The monoisotopic (exact) mass is 214 g/mol. The van der Waals surface area contributed by atoms with Gasteiger partial charge in [-0.15, -0.1) is 0 Å². The van der Waals surface area contributed by atoms with Crippen LogP contribution in [-0.2, 0) is 6.18 Å². The molecule has 0 atom stereocenters. The van der Waals surface area contributed by atoms with E-state index >= 15 is 0 Å². The molecule has 0 aliphatic rings. The molecule has 0 saturated carbocycles. The Labute approximate surface area is 85.5 Å². The smallest absolute Gasteiger partial charge is 0.384 e. The SMILES string of the molecule is Cc1cc(C#CCO)ccc1C(F)(F)F. The van der Waals surface area contributed by atoms with Crippen molar-refractivity contribution in [2.45, 2.75) is 13.1 Å². The van der Waals surface area contributed by atoms with E-state index in [2.05, 4.69) is 11.8 Å². The van der Waals surface area contributed by atoms with Crippen molar-refractivity contribution in [2.75, 3.05) is 6.61 Å². The third kappa shape index (κ3) is 3.00. The molecule has 80 valence electrons.